The van der Waals surface area contributed by atoms with Crippen LogP contribution in [0.4, 0.5) is 0 Å². The van der Waals surface area contributed by atoms with Crippen LogP contribution in [0.15, 0.2) is 17.8 Å². The monoisotopic (exact) mass is 295 g/mol. The van der Waals surface area contributed by atoms with Gasteiger partial charge in [-0.1, -0.05) is 13.8 Å². The van der Waals surface area contributed by atoms with Crippen molar-refractivity contribution in [2.75, 3.05) is 0 Å². The second kappa shape index (κ2) is 6.04. The number of hydrogen-bond acceptors (Lipinski definition) is 4. The lowest BCUT2D eigenvalue weighted by molar-refractivity contribution is -0.142. The number of aliphatic carboxylic acids is 1. The fraction of sp³-hybridized carbons (Fsp3) is 0.462. The first-order valence-corrected chi connectivity index (χ1v) is 7.27. The summed E-state index contributed by atoms with van der Waals surface area (Å²) in [4.78, 5) is 28.1. The number of nitrogens with one attached hydrogen (secondary N) is 1. The summed E-state index contributed by atoms with van der Waals surface area (Å²) in [5, 5.41) is 13.5. The summed E-state index contributed by atoms with van der Waals surface area (Å²) in [5.41, 5.74) is 0.642. The maximum Gasteiger partial charge on any atom is 0.326 e. The smallest absolute Gasteiger partial charge is 0.326 e. The van der Waals surface area contributed by atoms with E-state index < -0.39 is 12.0 Å². The lowest BCUT2D eigenvalue weighted by Crippen LogP contribution is -2.42. The topological polar surface area (TPSA) is 83.7 Å². The Bertz CT molecular complexity index is 589. The minimum atomic E-state index is -1.00. The summed E-state index contributed by atoms with van der Waals surface area (Å²) in [7, 11) is 0. The molecule has 108 valence electrons. The molecule has 0 unspecified atom stereocenters. The molecule has 7 heteroatoms. The van der Waals surface area contributed by atoms with E-state index in [1.165, 1.54) is 11.3 Å². The number of aromatic nitrogens is 2. The molecular weight excluding hydrogens is 278 g/mol. The molecule has 2 heterocycles. The summed E-state index contributed by atoms with van der Waals surface area (Å²) in [6.45, 7) is 3.84. The molecule has 2 rings (SSSR count). The third-order valence-electron chi connectivity index (χ3n) is 2.83. The average molecular weight is 295 g/mol. The van der Waals surface area contributed by atoms with Crippen LogP contribution in [0.2, 0.25) is 0 Å². The number of thiazole rings is 1. The maximum absolute atomic E-state index is 11.9. The van der Waals surface area contributed by atoms with Gasteiger partial charge < -0.3 is 10.4 Å². The van der Waals surface area contributed by atoms with Crippen molar-refractivity contribution in [1.82, 2.24) is 14.7 Å². The molecule has 0 spiro atoms. The highest BCUT2D eigenvalue weighted by Crippen LogP contribution is 2.12. The Morgan fingerprint density at radius 3 is 2.85 bits per heavy atom. The quantitative estimate of drug-likeness (QED) is 0.847. The molecule has 0 bridgehead atoms. The minimum Gasteiger partial charge on any atom is -0.480 e. The second-order valence-electron chi connectivity index (χ2n) is 5.09. The molecule has 0 aliphatic carbocycles. The molecule has 2 aromatic rings. The average Bonchev–Trinajstić information content (AvgIpc) is 2.87. The third-order valence-corrected chi connectivity index (χ3v) is 3.60. The largest absolute Gasteiger partial charge is 0.480 e. The van der Waals surface area contributed by atoms with Crippen molar-refractivity contribution < 1.29 is 14.7 Å². The van der Waals surface area contributed by atoms with Crippen LogP contribution in [0.25, 0.3) is 4.96 Å². The van der Waals surface area contributed by atoms with Gasteiger partial charge in [0, 0.05) is 17.8 Å². The number of carboxylic acids is 1. The maximum atomic E-state index is 11.9. The summed E-state index contributed by atoms with van der Waals surface area (Å²) in [5.74, 6) is -1.11. The zero-order valence-electron chi connectivity index (χ0n) is 11.4. The lowest BCUT2D eigenvalue weighted by atomic mass is 10.0. The van der Waals surface area contributed by atoms with Crippen LogP contribution >= 0.6 is 11.3 Å². The SMILES string of the molecule is CC(C)C[C@H](NC(=O)Cc1cn2ccsc2n1)C(=O)O. The first kappa shape index (κ1) is 14.5. The number of fused-ring (bicyclic) bond motifs is 1. The van der Waals surface area contributed by atoms with Crippen molar-refractivity contribution in [3.8, 4) is 0 Å². The zero-order chi connectivity index (χ0) is 14.7. The Kier molecular flexibility index (Phi) is 4.39. The molecule has 0 fully saturated rings. The van der Waals surface area contributed by atoms with E-state index in [-0.39, 0.29) is 18.2 Å². The van der Waals surface area contributed by atoms with Crippen LogP contribution in [-0.2, 0) is 16.0 Å². The van der Waals surface area contributed by atoms with E-state index in [9.17, 15) is 9.59 Å². The molecule has 6 nitrogen and oxygen atoms in total. The van der Waals surface area contributed by atoms with Gasteiger partial charge in [0.25, 0.3) is 0 Å². The van der Waals surface area contributed by atoms with Gasteiger partial charge in [-0.25, -0.2) is 9.78 Å². The number of hydrogen-bond donors (Lipinski definition) is 2. The number of nitrogens with zero attached hydrogens (tertiary/aromatic N) is 2. The van der Waals surface area contributed by atoms with Crippen LogP contribution in [-0.4, -0.2) is 32.4 Å². The van der Waals surface area contributed by atoms with Crippen molar-refractivity contribution in [3.05, 3.63) is 23.5 Å². The minimum absolute atomic E-state index is 0.0935. The van der Waals surface area contributed by atoms with Crippen molar-refractivity contribution in [3.63, 3.8) is 0 Å². The first-order valence-electron chi connectivity index (χ1n) is 6.39. The van der Waals surface area contributed by atoms with Gasteiger partial charge in [0.05, 0.1) is 12.1 Å². The van der Waals surface area contributed by atoms with Gasteiger partial charge in [0.2, 0.25) is 5.91 Å². The van der Waals surface area contributed by atoms with Crippen LogP contribution in [0, 0.1) is 5.92 Å². The van der Waals surface area contributed by atoms with Crippen molar-refractivity contribution in [1.29, 1.82) is 0 Å². The van der Waals surface area contributed by atoms with E-state index in [2.05, 4.69) is 10.3 Å². The predicted octanol–water partition coefficient (Wildman–Crippen LogP) is 1.55. The number of carboxylic acid groups (broad SMARTS) is 1. The standard InChI is InChI=1S/C13H17N3O3S/c1-8(2)5-10(12(18)19)15-11(17)6-9-7-16-3-4-20-13(16)14-9/h3-4,7-8,10H,5-6H2,1-2H3,(H,15,17)(H,18,19)/t10-/m0/s1. The van der Waals surface area contributed by atoms with Gasteiger partial charge in [-0.15, -0.1) is 11.3 Å². The number of carbonyl (C=O) groups excluding carboxylic acids is 1. The summed E-state index contributed by atoms with van der Waals surface area (Å²) < 4.78 is 1.84. The molecule has 2 aromatic heterocycles. The molecule has 2 N–H and O–H groups in total. The predicted molar refractivity (Wildman–Crippen MR) is 75.8 cm³/mol. The third kappa shape index (κ3) is 3.57. The molecule has 1 atom stereocenters. The van der Waals surface area contributed by atoms with E-state index in [1.807, 2.05) is 29.8 Å². The molecule has 0 saturated carbocycles. The van der Waals surface area contributed by atoms with Gasteiger partial charge in [-0.3, -0.25) is 9.20 Å². The van der Waals surface area contributed by atoms with Crippen LogP contribution in [0.1, 0.15) is 26.0 Å². The highest BCUT2D eigenvalue weighted by atomic mass is 32.1. The second-order valence-corrected chi connectivity index (χ2v) is 5.96. The zero-order valence-corrected chi connectivity index (χ0v) is 12.2. The van der Waals surface area contributed by atoms with E-state index in [4.69, 9.17) is 5.11 Å². The molecular formula is C13H17N3O3S. The van der Waals surface area contributed by atoms with Gasteiger partial charge in [0.15, 0.2) is 4.96 Å². The normalized spacial score (nSPS) is 12.8. The van der Waals surface area contributed by atoms with Crippen molar-refractivity contribution in [2.24, 2.45) is 5.92 Å². The molecule has 0 saturated heterocycles. The van der Waals surface area contributed by atoms with E-state index >= 15 is 0 Å². The van der Waals surface area contributed by atoms with E-state index in [1.54, 1.807) is 6.20 Å². The summed E-state index contributed by atoms with van der Waals surface area (Å²) in [6.07, 6.45) is 4.16. The van der Waals surface area contributed by atoms with Gasteiger partial charge in [-0.2, -0.15) is 0 Å². The summed E-state index contributed by atoms with van der Waals surface area (Å²) in [6, 6.07) is -0.841. The van der Waals surface area contributed by atoms with E-state index in [0.29, 0.717) is 12.1 Å². The highest BCUT2D eigenvalue weighted by Gasteiger charge is 2.21. The Morgan fingerprint density at radius 2 is 2.25 bits per heavy atom. The fourth-order valence-electron chi connectivity index (χ4n) is 1.96. The molecule has 0 aliphatic heterocycles. The van der Waals surface area contributed by atoms with Crippen LogP contribution in [0.5, 0.6) is 0 Å². The van der Waals surface area contributed by atoms with Crippen LogP contribution in [0.3, 0.4) is 0 Å². The van der Waals surface area contributed by atoms with E-state index in [0.717, 1.165) is 4.96 Å². The number of imidazole rings is 1. The summed E-state index contributed by atoms with van der Waals surface area (Å²) >= 11 is 1.49. The van der Waals surface area contributed by atoms with Crippen molar-refractivity contribution >= 4 is 28.2 Å². The highest BCUT2D eigenvalue weighted by molar-refractivity contribution is 7.15. The van der Waals surface area contributed by atoms with Gasteiger partial charge >= 0.3 is 5.97 Å². The lowest BCUT2D eigenvalue weighted by Gasteiger charge is -2.16. The molecule has 20 heavy (non-hydrogen) atoms. The Labute approximate surface area is 120 Å². The number of amides is 1. The number of carbonyl (C=O) groups is 2. The Balaban J connectivity index is 1.96. The van der Waals surface area contributed by atoms with Crippen molar-refractivity contribution in [2.45, 2.75) is 32.7 Å². The first-order chi connectivity index (χ1) is 9.45. The molecule has 0 radical (unpaired) electrons. The Morgan fingerprint density at radius 1 is 1.50 bits per heavy atom. The fourth-order valence-corrected chi connectivity index (χ4v) is 2.68. The van der Waals surface area contributed by atoms with Crippen LogP contribution < -0.4 is 5.32 Å². The molecule has 0 aromatic carbocycles. The van der Waals surface area contributed by atoms with Gasteiger partial charge in [0.1, 0.15) is 6.04 Å². The Hall–Kier alpha value is -1.89. The van der Waals surface area contributed by atoms with Gasteiger partial charge in [-0.05, 0) is 12.3 Å². The molecule has 1 amide bonds. The number of rotatable bonds is 6. The molecule has 0 aliphatic rings.